The summed E-state index contributed by atoms with van der Waals surface area (Å²) in [6.07, 6.45) is -1.30. The van der Waals surface area contributed by atoms with E-state index in [1.807, 2.05) is 5.32 Å². The van der Waals surface area contributed by atoms with Crippen molar-refractivity contribution in [1.82, 2.24) is 16.0 Å². The van der Waals surface area contributed by atoms with E-state index in [0.29, 0.717) is 0 Å². The Morgan fingerprint density at radius 2 is 1.47 bits per heavy atom. The zero-order valence-corrected chi connectivity index (χ0v) is 18.3. The summed E-state index contributed by atoms with van der Waals surface area (Å²) in [5.41, 5.74) is 6.60. The van der Waals surface area contributed by atoms with Crippen LogP contribution in [0.1, 0.15) is 26.3 Å². The van der Waals surface area contributed by atoms with Gasteiger partial charge in [-0.25, -0.2) is 4.79 Å². The Hall–Kier alpha value is -3.02. The predicted molar refractivity (Wildman–Crippen MR) is 115 cm³/mol. The molecule has 5 atom stereocenters. The number of hydrogen-bond donors (Lipinski definition) is 7. The van der Waals surface area contributed by atoms with E-state index in [1.165, 1.54) is 6.92 Å². The Kier molecular flexibility index (Phi) is 10.8. The number of carbonyl (C=O) groups excluding carboxylic acids is 3. The maximum atomic E-state index is 13.0. The summed E-state index contributed by atoms with van der Waals surface area (Å²) in [6.45, 7) is 3.87. The number of carbonyl (C=O) groups is 4. The molecule has 11 nitrogen and oxygen atoms in total. The van der Waals surface area contributed by atoms with Crippen molar-refractivity contribution in [1.29, 1.82) is 0 Å². The van der Waals surface area contributed by atoms with Crippen molar-refractivity contribution in [2.45, 2.75) is 57.5 Å². The van der Waals surface area contributed by atoms with Crippen molar-refractivity contribution in [3.8, 4) is 0 Å². The highest BCUT2D eigenvalue weighted by Gasteiger charge is 2.32. The van der Waals surface area contributed by atoms with Gasteiger partial charge in [-0.15, -0.1) is 0 Å². The lowest BCUT2D eigenvalue weighted by atomic mass is 10.0. The number of nitrogens with two attached hydrogens (primary N) is 1. The molecule has 0 bridgehead atoms. The second-order valence-electron chi connectivity index (χ2n) is 7.83. The average molecular weight is 453 g/mol. The fourth-order valence-electron chi connectivity index (χ4n) is 2.74. The van der Waals surface area contributed by atoms with Crippen LogP contribution in [0.3, 0.4) is 0 Å². The standard InChI is InChI=1S/C21H32N4O7/c1-11(2)16(22)19(29)23-14(9-13-7-5-4-6-8-13)18(28)25-17(12(3)27)20(30)24-15(10-26)21(31)32/h4-8,11-12,14-17,26-27H,9-10,22H2,1-3H3,(H,23,29)(H,24,30)(H,25,28)(H,31,32). The molecule has 0 heterocycles. The molecule has 0 aliphatic heterocycles. The number of aliphatic carboxylic acids is 1. The third-order valence-electron chi connectivity index (χ3n) is 4.80. The van der Waals surface area contributed by atoms with Gasteiger partial charge in [-0.2, -0.15) is 0 Å². The van der Waals surface area contributed by atoms with Crippen LogP contribution in [0.5, 0.6) is 0 Å². The average Bonchev–Trinajstić information content (AvgIpc) is 2.74. The number of amides is 3. The van der Waals surface area contributed by atoms with Gasteiger partial charge in [-0.05, 0) is 18.4 Å². The first-order chi connectivity index (χ1) is 15.0. The number of carboxylic acid groups (broad SMARTS) is 1. The van der Waals surface area contributed by atoms with Gasteiger partial charge in [0.1, 0.15) is 18.1 Å². The molecule has 0 fully saturated rings. The molecule has 3 amide bonds. The smallest absolute Gasteiger partial charge is 0.328 e. The number of aliphatic hydroxyl groups is 2. The largest absolute Gasteiger partial charge is 0.480 e. The fraction of sp³-hybridized carbons (Fsp3) is 0.524. The minimum Gasteiger partial charge on any atom is -0.480 e. The second kappa shape index (κ2) is 12.7. The lowest BCUT2D eigenvalue weighted by Crippen LogP contribution is -2.60. The zero-order valence-electron chi connectivity index (χ0n) is 18.3. The lowest BCUT2D eigenvalue weighted by molar-refractivity contribution is -0.144. The summed E-state index contributed by atoms with van der Waals surface area (Å²) in [6, 6.07) is 3.72. The van der Waals surface area contributed by atoms with Crippen LogP contribution in [-0.4, -0.2) is 75.9 Å². The van der Waals surface area contributed by atoms with Gasteiger partial charge < -0.3 is 37.0 Å². The molecular formula is C21H32N4O7. The summed E-state index contributed by atoms with van der Waals surface area (Å²) in [5, 5.41) is 35.0. The second-order valence-corrected chi connectivity index (χ2v) is 7.83. The SMILES string of the molecule is CC(C)C(N)C(=O)NC(Cc1ccccc1)C(=O)NC(C(=O)NC(CO)C(=O)O)C(C)O. The summed E-state index contributed by atoms with van der Waals surface area (Å²) in [5.74, 6) is -3.99. The highest BCUT2D eigenvalue weighted by molar-refractivity contribution is 5.94. The van der Waals surface area contributed by atoms with Crippen molar-refractivity contribution in [2.24, 2.45) is 11.7 Å². The molecule has 0 radical (unpaired) electrons. The quantitative estimate of drug-likeness (QED) is 0.192. The van der Waals surface area contributed by atoms with Crippen LogP contribution >= 0.6 is 0 Å². The van der Waals surface area contributed by atoms with E-state index < -0.39 is 60.6 Å². The summed E-state index contributed by atoms with van der Waals surface area (Å²) < 4.78 is 0. The van der Waals surface area contributed by atoms with Crippen LogP contribution < -0.4 is 21.7 Å². The van der Waals surface area contributed by atoms with Crippen LogP contribution in [0.15, 0.2) is 30.3 Å². The van der Waals surface area contributed by atoms with E-state index in [0.717, 1.165) is 5.56 Å². The van der Waals surface area contributed by atoms with Gasteiger partial charge in [0.15, 0.2) is 0 Å². The van der Waals surface area contributed by atoms with E-state index in [9.17, 15) is 24.3 Å². The number of nitrogens with one attached hydrogen (secondary N) is 3. The monoisotopic (exact) mass is 452 g/mol. The molecule has 0 saturated heterocycles. The number of rotatable bonds is 12. The minimum absolute atomic E-state index is 0.0891. The molecule has 1 aromatic rings. The van der Waals surface area contributed by atoms with Gasteiger partial charge in [-0.1, -0.05) is 44.2 Å². The third-order valence-corrected chi connectivity index (χ3v) is 4.80. The zero-order chi connectivity index (χ0) is 24.4. The number of carboxylic acids is 1. The first-order valence-electron chi connectivity index (χ1n) is 10.2. The molecule has 0 spiro atoms. The van der Waals surface area contributed by atoms with Crippen LogP contribution in [-0.2, 0) is 25.6 Å². The lowest BCUT2D eigenvalue weighted by Gasteiger charge is -2.26. The molecule has 5 unspecified atom stereocenters. The van der Waals surface area contributed by atoms with E-state index in [2.05, 4.69) is 10.6 Å². The van der Waals surface area contributed by atoms with Crippen LogP contribution in [0.2, 0.25) is 0 Å². The molecule has 8 N–H and O–H groups in total. The van der Waals surface area contributed by atoms with Gasteiger partial charge in [0.05, 0.1) is 18.8 Å². The van der Waals surface area contributed by atoms with Gasteiger partial charge in [-0.3, -0.25) is 14.4 Å². The predicted octanol–water partition coefficient (Wildman–Crippen LogP) is -1.88. The molecule has 178 valence electrons. The number of benzene rings is 1. The number of hydrogen-bond acceptors (Lipinski definition) is 7. The molecule has 1 rings (SSSR count). The van der Waals surface area contributed by atoms with E-state index in [1.54, 1.807) is 44.2 Å². The molecule has 0 aromatic heterocycles. The van der Waals surface area contributed by atoms with Gasteiger partial charge in [0, 0.05) is 6.42 Å². The van der Waals surface area contributed by atoms with Crippen LogP contribution in [0.25, 0.3) is 0 Å². The molecule has 32 heavy (non-hydrogen) atoms. The summed E-state index contributed by atoms with van der Waals surface area (Å²) >= 11 is 0. The Morgan fingerprint density at radius 1 is 0.906 bits per heavy atom. The van der Waals surface area contributed by atoms with Crippen molar-refractivity contribution in [2.75, 3.05) is 6.61 Å². The summed E-state index contributed by atoms with van der Waals surface area (Å²) in [4.78, 5) is 48.9. The van der Waals surface area contributed by atoms with Gasteiger partial charge >= 0.3 is 5.97 Å². The molecule has 0 aliphatic carbocycles. The first-order valence-corrected chi connectivity index (χ1v) is 10.2. The Bertz CT molecular complexity index is 786. The summed E-state index contributed by atoms with van der Waals surface area (Å²) in [7, 11) is 0. The van der Waals surface area contributed by atoms with Crippen molar-refractivity contribution in [3.63, 3.8) is 0 Å². The number of aliphatic hydroxyl groups excluding tert-OH is 2. The Balaban J connectivity index is 3.05. The molecular weight excluding hydrogens is 420 g/mol. The van der Waals surface area contributed by atoms with E-state index in [4.69, 9.17) is 15.9 Å². The van der Waals surface area contributed by atoms with Crippen molar-refractivity contribution in [3.05, 3.63) is 35.9 Å². The topological polar surface area (TPSA) is 191 Å². The maximum absolute atomic E-state index is 13.0. The van der Waals surface area contributed by atoms with Gasteiger partial charge in [0.25, 0.3) is 0 Å². The van der Waals surface area contributed by atoms with Crippen molar-refractivity contribution >= 4 is 23.7 Å². The minimum atomic E-state index is -1.61. The van der Waals surface area contributed by atoms with Gasteiger partial charge in [0.2, 0.25) is 17.7 Å². The molecule has 0 saturated carbocycles. The first kappa shape index (κ1) is 27.0. The van der Waals surface area contributed by atoms with Crippen LogP contribution in [0.4, 0.5) is 0 Å². The Morgan fingerprint density at radius 3 is 1.94 bits per heavy atom. The van der Waals surface area contributed by atoms with E-state index >= 15 is 0 Å². The normalized spacial score (nSPS) is 15.7. The highest BCUT2D eigenvalue weighted by atomic mass is 16.4. The molecule has 0 aliphatic rings. The van der Waals surface area contributed by atoms with E-state index in [-0.39, 0.29) is 12.3 Å². The fourth-order valence-corrected chi connectivity index (χ4v) is 2.74. The maximum Gasteiger partial charge on any atom is 0.328 e. The Labute approximate surface area is 186 Å². The highest BCUT2D eigenvalue weighted by Crippen LogP contribution is 2.07. The molecule has 1 aromatic carbocycles. The van der Waals surface area contributed by atoms with Crippen molar-refractivity contribution < 1.29 is 34.5 Å². The molecule has 11 heteroatoms. The van der Waals surface area contributed by atoms with Crippen LogP contribution in [0, 0.1) is 5.92 Å². The third kappa shape index (κ3) is 8.25.